The van der Waals surface area contributed by atoms with Crippen LogP contribution >= 0.6 is 11.3 Å². The lowest BCUT2D eigenvalue weighted by atomic mass is 9.49. The van der Waals surface area contributed by atoms with E-state index in [4.69, 9.17) is 4.74 Å². The fraction of sp³-hybridized carbons (Fsp3) is 0.500. The van der Waals surface area contributed by atoms with Crippen LogP contribution in [0.4, 0.5) is 9.52 Å². The van der Waals surface area contributed by atoms with Crippen LogP contribution < -0.4 is 10.6 Å². The number of thiazole rings is 1. The first kappa shape index (κ1) is 22.0. The molecule has 4 aliphatic carbocycles. The van der Waals surface area contributed by atoms with Gasteiger partial charge in [0.1, 0.15) is 12.4 Å². The summed E-state index contributed by atoms with van der Waals surface area (Å²) >= 11 is 1.22. The van der Waals surface area contributed by atoms with Gasteiger partial charge in [-0.05, 0) is 80.5 Å². The van der Waals surface area contributed by atoms with E-state index in [0.29, 0.717) is 28.6 Å². The van der Waals surface area contributed by atoms with Crippen LogP contribution in [-0.4, -0.2) is 35.9 Å². The third kappa shape index (κ3) is 4.78. The van der Waals surface area contributed by atoms with E-state index in [9.17, 15) is 18.8 Å². The molecule has 4 bridgehead atoms. The number of anilines is 1. The summed E-state index contributed by atoms with van der Waals surface area (Å²) < 4.78 is 18.1. The van der Waals surface area contributed by atoms with Gasteiger partial charge in [0.05, 0.1) is 5.69 Å². The van der Waals surface area contributed by atoms with Crippen LogP contribution in [0.1, 0.15) is 38.5 Å². The molecule has 0 radical (unpaired) electrons. The Morgan fingerprint density at radius 2 is 1.70 bits per heavy atom. The minimum absolute atomic E-state index is 0.0425. The van der Waals surface area contributed by atoms with Gasteiger partial charge in [-0.15, -0.1) is 11.3 Å². The van der Waals surface area contributed by atoms with Gasteiger partial charge >= 0.3 is 5.97 Å². The van der Waals surface area contributed by atoms with Crippen molar-refractivity contribution < 1.29 is 23.5 Å². The number of esters is 1. The number of halogens is 1. The molecule has 1 aromatic heterocycles. The van der Waals surface area contributed by atoms with E-state index in [1.165, 1.54) is 42.7 Å². The molecule has 6 rings (SSSR count). The highest BCUT2D eigenvalue weighted by Crippen LogP contribution is 2.60. The maximum absolute atomic E-state index is 13.1. The van der Waals surface area contributed by atoms with Crippen molar-refractivity contribution in [2.45, 2.75) is 38.5 Å². The van der Waals surface area contributed by atoms with Gasteiger partial charge in [0.25, 0.3) is 5.91 Å². The molecule has 4 aliphatic rings. The predicted octanol–water partition coefficient (Wildman–Crippen LogP) is 3.76. The number of nitrogens with one attached hydrogen (secondary N) is 2. The van der Waals surface area contributed by atoms with E-state index in [0.717, 1.165) is 24.8 Å². The van der Waals surface area contributed by atoms with Crippen molar-refractivity contribution in [2.75, 3.05) is 18.5 Å². The Labute approximate surface area is 195 Å². The van der Waals surface area contributed by atoms with E-state index in [2.05, 4.69) is 15.6 Å². The van der Waals surface area contributed by atoms with Crippen LogP contribution in [0, 0.1) is 29.0 Å². The molecule has 2 amide bonds. The van der Waals surface area contributed by atoms with Crippen molar-refractivity contribution in [3.63, 3.8) is 0 Å². The van der Waals surface area contributed by atoms with Crippen LogP contribution in [0.2, 0.25) is 0 Å². The lowest BCUT2D eigenvalue weighted by molar-refractivity contribution is -0.152. The first-order chi connectivity index (χ1) is 15.9. The van der Waals surface area contributed by atoms with Crippen LogP contribution in [0.5, 0.6) is 0 Å². The highest BCUT2D eigenvalue weighted by molar-refractivity contribution is 7.14. The standard InChI is InChI=1S/C24H26FN3O4S/c25-18-3-1-17(2-4-18)19-13-33-23(27-19)28-20(29)12-32-21(30)11-26-22(31)24-8-14-5-15(9-24)7-16(6-14)10-24/h1-4,13-16H,5-12H2,(H,26,31)(H,27,28,29). The molecule has 4 saturated carbocycles. The Hall–Kier alpha value is -2.81. The Balaban J connectivity index is 1.06. The Morgan fingerprint density at radius 1 is 1.06 bits per heavy atom. The summed E-state index contributed by atoms with van der Waals surface area (Å²) in [6.45, 7) is -0.697. The zero-order valence-corrected chi connectivity index (χ0v) is 19.0. The largest absolute Gasteiger partial charge is 0.454 e. The molecule has 2 aromatic rings. The molecule has 174 valence electrons. The lowest BCUT2D eigenvalue weighted by Gasteiger charge is -2.55. The molecule has 2 N–H and O–H groups in total. The molecular formula is C24H26FN3O4S. The minimum atomic E-state index is -0.644. The van der Waals surface area contributed by atoms with E-state index >= 15 is 0 Å². The van der Waals surface area contributed by atoms with E-state index in [-0.39, 0.29) is 23.7 Å². The maximum Gasteiger partial charge on any atom is 0.325 e. The van der Waals surface area contributed by atoms with E-state index in [1.54, 1.807) is 17.5 Å². The summed E-state index contributed by atoms with van der Waals surface area (Å²) in [5, 5.41) is 7.44. The van der Waals surface area contributed by atoms with Crippen molar-refractivity contribution in [3.05, 3.63) is 35.5 Å². The summed E-state index contributed by atoms with van der Waals surface area (Å²) in [5.41, 5.74) is 1.02. The van der Waals surface area contributed by atoms with Crippen molar-refractivity contribution in [1.29, 1.82) is 0 Å². The van der Waals surface area contributed by atoms with Crippen molar-refractivity contribution in [2.24, 2.45) is 23.2 Å². The number of carbonyl (C=O) groups excluding carboxylic acids is 3. The van der Waals surface area contributed by atoms with Crippen molar-refractivity contribution >= 4 is 34.3 Å². The first-order valence-corrected chi connectivity index (χ1v) is 12.2. The minimum Gasteiger partial charge on any atom is -0.454 e. The molecule has 0 aliphatic heterocycles. The fourth-order valence-corrected chi connectivity index (χ4v) is 6.90. The van der Waals surface area contributed by atoms with Gasteiger partial charge in [-0.2, -0.15) is 0 Å². The Bertz CT molecular complexity index is 1030. The van der Waals surface area contributed by atoms with E-state index < -0.39 is 18.5 Å². The molecule has 33 heavy (non-hydrogen) atoms. The quantitative estimate of drug-likeness (QED) is 0.600. The Morgan fingerprint density at radius 3 is 2.33 bits per heavy atom. The summed E-state index contributed by atoms with van der Waals surface area (Å²) in [6, 6.07) is 5.90. The zero-order chi connectivity index (χ0) is 23.0. The SMILES string of the molecule is O=C(COC(=O)CNC(=O)C12CC3CC(CC(C3)C1)C2)Nc1nc(-c2ccc(F)cc2)cs1. The second-order valence-electron chi connectivity index (χ2n) is 9.63. The van der Waals surface area contributed by atoms with Crippen molar-refractivity contribution in [3.8, 4) is 11.3 Å². The molecular weight excluding hydrogens is 445 g/mol. The molecule has 0 saturated heterocycles. The molecule has 4 fully saturated rings. The number of benzene rings is 1. The number of amides is 2. The van der Waals surface area contributed by atoms with Gasteiger partial charge < -0.3 is 10.1 Å². The summed E-state index contributed by atoms with van der Waals surface area (Å²) in [6.07, 6.45) is 6.51. The van der Waals surface area contributed by atoms with Gasteiger partial charge in [0.2, 0.25) is 5.91 Å². The number of carbonyl (C=O) groups is 3. The van der Waals surface area contributed by atoms with Gasteiger partial charge in [0.15, 0.2) is 11.7 Å². The normalized spacial score (nSPS) is 27.2. The number of hydrogen-bond acceptors (Lipinski definition) is 6. The van der Waals surface area contributed by atoms with Crippen LogP contribution in [0.3, 0.4) is 0 Å². The van der Waals surface area contributed by atoms with Crippen LogP contribution in [-0.2, 0) is 19.1 Å². The van der Waals surface area contributed by atoms with Crippen LogP contribution in [0.25, 0.3) is 11.3 Å². The highest BCUT2D eigenvalue weighted by atomic mass is 32.1. The predicted molar refractivity (Wildman–Crippen MR) is 121 cm³/mol. The number of aromatic nitrogens is 1. The molecule has 9 heteroatoms. The number of ether oxygens (including phenoxy) is 1. The number of hydrogen-bond donors (Lipinski definition) is 2. The molecule has 0 atom stereocenters. The third-order valence-corrected chi connectivity index (χ3v) is 7.93. The maximum atomic E-state index is 13.1. The van der Waals surface area contributed by atoms with Gasteiger partial charge in [-0.25, -0.2) is 9.37 Å². The molecule has 0 unspecified atom stereocenters. The van der Waals surface area contributed by atoms with Crippen LogP contribution in [0.15, 0.2) is 29.6 Å². The Kier molecular flexibility index (Phi) is 5.90. The van der Waals surface area contributed by atoms with Gasteiger partial charge in [-0.1, -0.05) is 0 Å². The third-order valence-electron chi connectivity index (χ3n) is 7.17. The van der Waals surface area contributed by atoms with Gasteiger partial charge in [0, 0.05) is 16.4 Å². The van der Waals surface area contributed by atoms with Crippen molar-refractivity contribution in [1.82, 2.24) is 10.3 Å². The monoisotopic (exact) mass is 471 g/mol. The molecule has 1 aromatic carbocycles. The second-order valence-corrected chi connectivity index (χ2v) is 10.5. The summed E-state index contributed by atoms with van der Waals surface area (Å²) in [5.74, 6) is 0.397. The average Bonchev–Trinajstić information content (AvgIpc) is 3.24. The molecule has 0 spiro atoms. The van der Waals surface area contributed by atoms with E-state index in [1.807, 2.05) is 0 Å². The highest BCUT2D eigenvalue weighted by Gasteiger charge is 2.54. The smallest absolute Gasteiger partial charge is 0.325 e. The average molecular weight is 472 g/mol. The number of nitrogens with zero attached hydrogens (tertiary/aromatic N) is 1. The second kappa shape index (κ2) is 8.85. The zero-order valence-electron chi connectivity index (χ0n) is 18.1. The number of rotatable bonds is 7. The first-order valence-electron chi connectivity index (χ1n) is 11.3. The summed E-state index contributed by atoms with van der Waals surface area (Å²) in [4.78, 5) is 41.4. The molecule has 1 heterocycles. The molecule has 7 nitrogen and oxygen atoms in total. The topological polar surface area (TPSA) is 97.4 Å². The lowest BCUT2D eigenvalue weighted by Crippen LogP contribution is -2.54. The van der Waals surface area contributed by atoms with Gasteiger partial charge in [-0.3, -0.25) is 19.7 Å². The summed E-state index contributed by atoms with van der Waals surface area (Å²) in [7, 11) is 0. The fourth-order valence-electron chi connectivity index (χ4n) is 6.17.